The topological polar surface area (TPSA) is 26.3 Å². The van der Waals surface area contributed by atoms with Crippen molar-refractivity contribution in [1.29, 1.82) is 0 Å². The third kappa shape index (κ3) is 4.53. The highest BCUT2D eigenvalue weighted by molar-refractivity contribution is 5.76. The van der Waals surface area contributed by atoms with Gasteiger partial charge in [0.1, 0.15) is 5.76 Å². The molecule has 2 nitrogen and oxygen atoms in total. The van der Waals surface area contributed by atoms with Crippen LogP contribution in [0, 0.1) is 40.4 Å². The van der Waals surface area contributed by atoms with E-state index in [0.29, 0.717) is 23.7 Å². The lowest BCUT2D eigenvalue weighted by molar-refractivity contribution is -0.195. The summed E-state index contributed by atoms with van der Waals surface area (Å²) in [6.07, 6.45) is 11.0. The summed E-state index contributed by atoms with van der Waals surface area (Å²) in [6, 6.07) is 0. The van der Waals surface area contributed by atoms with Gasteiger partial charge in [-0.25, -0.2) is 4.79 Å². The minimum Gasteiger partial charge on any atom is -0.424 e. The minimum absolute atomic E-state index is 0.0967. The highest BCUT2D eigenvalue weighted by Gasteiger charge is 2.56. The lowest BCUT2D eigenvalue weighted by Crippen LogP contribution is -2.45. The molecular formula is C29H41F3O2. The van der Waals surface area contributed by atoms with Crippen LogP contribution in [0.5, 0.6) is 0 Å². The molecule has 190 valence electrons. The first-order valence-electron chi connectivity index (χ1n) is 13.3. The van der Waals surface area contributed by atoms with Crippen molar-refractivity contribution in [3.63, 3.8) is 0 Å². The quantitative estimate of drug-likeness (QED) is 0.358. The predicted molar refractivity (Wildman–Crippen MR) is 129 cm³/mol. The normalized spacial score (nSPS) is 36.0. The van der Waals surface area contributed by atoms with Crippen LogP contribution in [0.25, 0.3) is 0 Å². The van der Waals surface area contributed by atoms with E-state index in [1.165, 1.54) is 38.5 Å². The van der Waals surface area contributed by atoms with Gasteiger partial charge in [-0.1, -0.05) is 71.6 Å². The van der Waals surface area contributed by atoms with E-state index in [0.717, 1.165) is 36.2 Å². The molecular weight excluding hydrogens is 437 g/mol. The molecule has 2 saturated carbocycles. The number of esters is 1. The van der Waals surface area contributed by atoms with Crippen LogP contribution in [0.3, 0.4) is 0 Å². The van der Waals surface area contributed by atoms with Crippen LogP contribution in [0.1, 0.15) is 92.4 Å². The van der Waals surface area contributed by atoms with Gasteiger partial charge in [0.2, 0.25) is 0 Å². The Morgan fingerprint density at radius 3 is 2.47 bits per heavy atom. The Balaban J connectivity index is 1.53. The molecule has 4 rings (SSSR count). The van der Waals surface area contributed by atoms with Crippen LogP contribution >= 0.6 is 0 Å². The van der Waals surface area contributed by atoms with Gasteiger partial charge >= 0.3 is 12.1 Å². The predicted octanol–water partition coefficient (Wildman–Crippen LogP) is 8.55. The Hall–Kier alpha value is -1.52. The molecule has 0 saturated heterocycles. The summed E-state index contributed by atoms with van der Waals surface area (Å²) in [5, 5.41) is 0. The summed E-state index contributed by atoms with van der Waals surface area (Å²) in [4.78, 5) is 11.3. The summed E-state index contributed by atoms with van der Waals surface area (Å²) < 4.78 is 42.7. The second-order valence-corrected chi connectivity index (χ2v) is 12.3. The van der Waals surface area contributed by atoms with E-state index in [-0.39, 0.29) is 11.2 Å². The SMILES string of the molecule is CC(C)CCC[C@@H](C)[C@H]1CC[C@H]2C3=CC=C4C=C(OC(=O)C(F)(F)F)CC[C@]4(C)[C@H]3CC[C@]12C. The second kappa shape index (κ2) is 9.17. The Kier molecular flexibility index (Phi) is 6.89. The van der Waals surface area contributed by atoms with Gasteiger partial charge in [-0.05, 0) is 84.2 Å². The average molecular weight is 479 g/mol. The van der Waals surface area contributed by atoms with E-state index in [1.807, 2.05) is 0 Å². The first-order valence-corrected chi connectivity index (χ1v) is 13.3. The smallest absolute Gasteiger partial charge is 0.424 e. The first kappa shape index (κ1) is 25.6. The molecule has 0 spiro atoms. The van der Waals surface area contributed by atoms with Crippen molar-refractivity contribution in [3.8, 4) is 0 Å². The van der Waals surface area contributed by atoms with E-state index < -0.39 is 12.1 Å². The highest BCUT2D eigenvalue weighted by Crippen LogP contribution is 2.66. The Bertz CT molecular complexity index is 896. The monoisotopic (exact) mass is 478 g/mol. The standard InChI is InChI=1S/C29H41F3O2/c1-18(2)7-6-8-19(3)23-11-12-24-22-10-9-20-17-21(34-26(33)29(30,31)32)13-15-27(20,4)25(22)14-16-28(23,24)5/h9-10,17-19,23-25H,6-8,11-16H2,1-5H3/t19-,23-,24+,25+,27+,28-/m1/s1. The zero-order valence-electron chi connectivity index (χ0n) is 21.4. The van der Waals surface area contributed by atoms with Gasteiger partial charge in [-0.2, -0.15) is 13.2 Å². The molecule has 0 aliphatic heterocycles. The van der Waals surface area contributed by atoms with Gasteiger partial charge in [0.25, 0.3) is 0 Å². The van der Waals surface area contributed by atoms with E-state index in [9.17, 15) is 18.0 Å². The van der Waals surface area contributed by atoms with Gasteiger partial charge in [-0.3, -0.25) is 0 Å². The molecule has 0 aromatic heterocycles. The molecule has 0 heterocycles. The van der Waals surface area contributed by atoms with E-state index in [4.69, 9.17) is 4.74 Å². The largest absolute Gasteiger partial charge is 0.491 e. The summed E-state index contributed by atoms with van der Waals surface area (Å²) >= 11 is 0. The third-order valence-corrected chi connectivity index (χ3v) is 9.86. The van der Waals surface area contributed by atoms with E-state index in [1.54, 1.807) is 11.6 Å². The van der Waals surface area contributed by atoms with Crippen molar-refractivity contribution in [2.75, 3.05) is 0 Å². The number of carbonyl (C=O) groups excluding carboxylic acids is 1. The summed E-state index contributed by atoms with van der Waals surface area (Å²) in [5.74, 6) is 1.33. The highest BCUT2D eigenvalue weighted by atomic mass is 19.4. The van der Waals surface area contributed by atoms with Crippen LogP contribution in [-0.4, -0.2) is 12.1 Å². The molecule has 0 aromatic carbocycles. The van der Waals surface area contributed by atoms with Crippen molar-refractivity contribution in [2.24, 2.45) is 40.4 Å². The fourth-order valence-corrected chi connectivity index (χ4v) is 7.93. The van der Waals surface area contributed by atoms with Crippen LogP contribution in [0.15, 0.2) is 35.1 Å². The molecule has 4 aliphatic carbocycles. The summed E-state index contributed by atoms with van der Waals surface area (Å²) in [6.45, 7) is 11.9. The van der Waals surface area contributed by atoms with Crippen molar-refractivity contribution in [1.82, 2.24) is 0 Å². The molecule has 4 aliphatic rings. The fourth-order valence-electron chi connectivity index (χ4n) is 7.93. The van der Waals surface area contributed by atoms with Crippen LogP contribution in [0.4, 0.5) is 13.2 Å². The number of carbonyl (C=O) groups is 1. The first-order chi connectivity index (χ1) is 15.9. The molecule has 0 radical (unpaired) electrons. The van der Waals surface area contributed by atoms with E-state index in [2.05, 4.69) is 46.8 Å². The van der Waals surface area contributed by atoms with Crippen LogP contribution in [0.2, 0.25) is 0 Å². The van der Waals surface area contributed by atoms with Crippen molar-refractivity contribution in [3.05, 3.63) is 35.1 Å². The number of allylic oxidation sites excluding steroid dienone is 6. The fraction of sp³-hybridized carbons (Fsp3) is 0.759. The van der Waals surface area contributed by atoms with Gasteiger partial charge in [0.15, 0.2) is 0 Å². The van der Waals surface area contributed by atoms with Crippen molar-refractivity contribution < 1.29 is 22.7 Å². The zero-order valence-corrected chi connectivity index (χ0v) is 21.4. The number of hydrogen-bond donors (Lipinski definition) is 0. The van der Waals surface area contributed by atoms with Crippen LogP contribution < -0.4 is 0 Å². The van der Waals surface area contributed by atoms with Gasteiger partial charge in [0.05, 0.1) is 0 Å². The van der Waals surface area contributed by atoms with E-state index >= 15 is 0 Å². The molecule has 0 N–H and O–H groups in total. The maximum absolute atomic E-state index is 12.7. The molecule has 34 heavy (non-hydrogen) atoms. The van der Waals surface area contributed by atoms with Crippen molar-refractivity contribution in [2.45, 2.75) is 98.6 Å². The summed E-state index contributed by atoms with van der Waals surface area (Å²) in [5.41, 5.74) is 2.83. The molecule has 2 fully saturated rings. The Labute approximate surface area is 203 Å². The molecule has 6 atom stereocenters. The average Bonchev–Trinajstić information content (AvgIpc) is 3.10. The number of hydrogen-bond acceptors (Lipinski definition) is 2. The van der Waals surface area contributed by atoms with Crippen molar-refractivity contribution >= 4 is 5.97 Å². The van der Waals surface area contributed by atoms with Gasteiger partial charge < -0.3 is 4.74 Å². The number of alkyl halides is 3. The number of halogens is 3. The maximum Gasteiger partial charge on any atom is 0.491 e. The number of ether oxygens (including phenoxy) is 1. The van der Waals surface area contributed by atoms with Gasteiger partial charge in [0, 0.05) is 6.42 Å². The Morgan fingerprint density at radius 2 is 1.79 bits per heavy atom. The van der Waals surface area contributed by atoms with Gasteiger partial charge in [-0.15, -0.1) is 0 Å². The lowest BCUT2D eigenvalue weighted by Gasteiger charge is -2.54. The maximum atomic E-state index is 12.7. The molecule has 0 bridgehead atoms. The number of fused-ring (bicyclic) bond motifs is 5. The third-order valence-electron chi connectivity index (χ3n) is 9.86. The Morgan fingerprint density at radius 1 is 1.06 bits per heavy atom. The molecule has 0 amide bonds. The number of rotatable bonds is 6. The molecule has 0 aromatic rings. The zero-order chi connectivity index (χ0) is 24.9. The molecule has 0 unspecified atom stereocenters. The minimum atomic E-state index is -4.96. The lowest BCUT2D eigenvalue weighted by atomic mass is 9.50. The summed E-state index contributed by atoms with van der Waals surface area (Å²) in [7, 11) is 0. The van der Waals surface area contributed by atoms with Crippen LogP contribution in [-0.2, 0) is 9.53 Å². The second-order valence-electron chi connectivity index (χ2n) is 12.3. The molecule has 5 heteroatoms.